The van der Waals surface area contributed by atoms with Crippen molar-refractivity contribution in [2.45, 2.75) is 59.3 Å². The zero-order chi connectivity index (χ0) is 34.7. The SMILES string of the molecule is CC(C)(C)c1ccc([O-])c(C(C)(C)C)c1.Cc1cc[cH-]c1.[Cl-].[Zr+2]=[C](c1ccccc1)c1ccccc1.c1ccc2c(c1)[cH-]c1ccccc12. The molecule has 7 aromatic rings. The molecule has 3 heteroatoms. The average Bonchev–Trinajstić information content (AvgIpc) is 3.72. The molecule has 0 bridgehead atoms. The number of hydrogen-bond acceptors (Lipinski definition) is 1. The van der Waals surface area contributed by atoms with Gasteiger partial charge in [-0.25, -0.2) is 11.6 Å². The summed E-state index contributed by atoms with van der Waals surface area (Å²) in [7, 11) is 0. The molecule has 0 saturated heterocycles. The Morgan fingerprint density at radius 2 is 1.06 bits per heavy atom. The minimum Gasteiger partial charge on any atom is -0.126 e. The first kappa shape index (κ1) is 39.6. The second-order valence-corrected chi connectivity index (χ2v) is 15.3. The summed E-state index contributed by atoms with van der Waals surface area (Å²) in [4.78, 5) is 0. The molecule has 0 unspecified atom stereocenters. The molecule has 0 radical (unpaired) electrons. The molecule has 0 amide bonds. The van der Waals surface area contributed by atoms with Gasteiger partial charge in [-0.2, -0.15) is 18.2 Å². The molecule has 0 aliphatic heterocycles. The Labute approximate surface area is 315 Å². The van der Waals surface area contributed by atoms with Crippen molar-refractivity contribution in [2.75, 3.05) is 0 Å². The summed E-state index contributed by atoms with van der Waals surface area (Å²) in [5.74, 6) is 0.149. The van der Waals surface area contributed by atoms with Crippen LogP contribution in [0.1, 0.15) is 69.4 Å². The molecule has 0 saturated carbocycles. The van der Waals surface area contributed by atoms with Crippen LogP contribution in [-0.4, -0.2) is 3.21 Å². The standard InChI is InChI=1S/C14H22O.C13H9.C13H10.C6H7.ClH.Zr/c1-13(2,3)10-7-8-12(15)11(9-10)14(4,5)6;1-3-7-12-10(5-1)9-11-6-2-4-8-13(11)12;1-3-7-12(8-4-1)11-13-9-5-2-6-10-13;1-6-4-2-3-5-6;;/h7-9,15H,1-6H3;1-9H;1-10H;2-5H,1H3;1H;/q;-1;;-1;;+2/p-2. The summed E-state index contributed by atoms with van der Waals surface area (Å²) < 4.78 is 1.42. The van der Waals surface area contributed by atoms with E-state index in [0.717, 1.165) is 5.56 Å². The topological polar surface area (TPSA) is 23.1 Å². The van der Waals surface area contributed by atoms with Crippen molar-refractivity contribution in [1.29, 1.82) is 0 Å². The summed E-state index contributed by atoms with van der Waals surface area (Å²) in [5.41, 5.74) is 6.18. The van der Waals surface area contributed by atoms with Crippen molar-refractivity contribution in [3.05, 3.63) is 186 Å². The first-order chi connectivity index (χ1) is 22.8. The molecule has 7 aromatic carbocycles. The van der Waals surface area contributed by atoms with E-state index in [4.69, 9.17) is 0 Å². The molecule has 0 heterocycles. The summed E-state index contributed by atoms with van der Waals surface area (Å²) in [6.07, 6.45) is 0. The van der Waals surface area contributed by atoms with Crippen molar-refractivity contribution in [3.63, 3.8) is 0 Å². The van der Waals surface area contributed by atoms with Crippen LogP contribution in [0.3, 0.4) is 0 Å². The van der Waals surface area contributed by atoms with Gasteiger partial charge in [0, 0.05) is 0 Å². The van der Waals surface area contributed by atoms with Gasteiger partial charge in [0.2, 0.25) is 0 Å². The smallest absolute Gasteiger partial charge is 0.0771 e. The molecule has 0 fully saturated rings. The zero-order valence-corrected chi connectivity index (χ0v) is 33.0. The number of aryl methyl sites for hydroxylation is 1. The quantitative estimate of drug-likeness (QED) is 0.163. The van der Waals surface area contributed by atoms with E-state index in [1.165, 1.54) is 71.2 Å². The minimum absolute atomic E-state index is 0. The minimum atomic E-state index is -0.0711. The summed E-state index contributed by atoms with van der Waals surface area (Å²) >= 11 is 1.46. The largest absolute Gasteiger partial charge is 0.126 e. The molecular formula is C46H47ClOZr-2. The third kappa shape index (κ3) is 11.6. The molecule has 7 rings (SSSR count). The number of halogens is 1. The van der Waals surface area contributed by atoms with Crippen molar-refractivity contribution >= 4 is 24.8 Å². The average molecular weight is 743 g/mol. The molecular weight excluding hydrogens is 695 g/mol. The Hall–Kier alpha value is -3.84. The Morgan fingerprint density at radius 3 is 1.45 bits per heavy atom. The van der Waals surface area contributed by atoms with Crippen LogP contribution in [0.25, 0.3) is 21.5 Å². The van der Waals surface area contributed by atoms with Crippen LogP contribution in [-0.2, 0) is 35.1 Å². The van der Waals surface area contributed by atoms with Crippen molar-refractivity contribution in [2.24, 2.45) is 0 Å². The number of rotatable bonds is 2. The molecule has 49 heavy (non-hydrogen) atoms. The Bertz CT molecular complexity index is 1910. The van der Waals surface area contributed by atoms with Gasteiger partial charge >= 0.3 is 99.2 Å². The fourth-order valence-electron chi connectivity index (χ4n) is 5.33. The van der Waals surface area contributed by atoms with Gasteiger partial charge in [0.15, 0.2) is 0 Å². The van der Waals surface area contributed by atoms with Crippen LogP contribution in [0.2, 0.25) is 0 Å². The van der Waals surface area contributed by atoms with E-state index in [0.29, 0.717) is 0 Å². The van der Waals surface area contributed by atoms with Gasteiger partial charge in [-0.05, 0) is 16.4 Å². The Kier molecular flexibility index (Phi) is 14.7. The molecule has 0 aromatic heterocycles. The van der Waals surface area contributed by atoms with E-state index in [1.807, 2.05) is 18.2 Å². The summed E-state index contributed by atoms with van der Waals surface area (Å²) in [6, 6.07) is 54.3. The van der Waals surface area contributed by atoms with Crippen molar-refractivity contribution < 1.29 is 41.7 Å². The van der Waals surface area contributed by atoms with E-state index in [-0.39, 0.29) is 29.0 Å². The summed E-state index contributed by atoms with van der Waals surface area (Å²) in [6.45, 7) is 14.8. The van der Waals surface area contributed by atoms with Crippen LogP contribution >= 0.6 is 0 Å². The normalized spacial score (nSPS) is 10.8. The van der Waals surface area contributed by atoms with Crippen LogP contribution < -0.4 is 17.5 Å². The maximum atomic E-state index is 11.7. The number of hydrogen-bond donors (Lipinski definition) is 0. The number of benzene rings is 5. The summed E-state index contributed by atoms with van der Waals surface area (Å²) in [5, 5.41) is 17.1. The van der Waals surface area contributed by atoms with Crippen molar-refractivity contribution in [1.82, 2.24) is 0 Å². The Morgan fingerprint density at radius 1 is 0.592 bits per heavy atom. The predicted molar refractivity (Wildman–Crippen MR) is 203 cm³/mol. The Balaban J connectivity index is 0.000000182. The fourth-order valence-corrected chi connectivity index (χ4v) is 6.15. The van der Waals surface area contributed by atoms with E-state index < -0.39 is 0 Å². The maximum absolute atomic E-state index is 11.7. The van der Waals surface area contributed by atoms with Gasteiger partial charge in [-0.15, -0.1) is 45.5 Å². The molecule has 250 valence electrons. The van der Waals surface area contributed by atoms with Crippen LogP contribution in [0, 0.1) is 6.92 Å². The van der Waals surface area contributed by atoms with Gasteiger partial charge < -0.3 is 17.5 Å². The second kappa shape index (κ2) is 18.2. The zero-order valence-electron chi connectivity index (χ0n) is 29.8. The van der Waals surface area contributed by atoms with E-state index in [9.17, 15) is 5.11 Å². The fraction of sp³-hybridized carbons (Fsp3) is 0.196. The van der Waals surface area contributed by atoms with Gasteiger partial charge in [-0.1, -0.05) is 109 Å². The van der Waals surface area contributed by atoms with Crippen LogP contribution in [0.4, 0.5) is 0 Å². The number of fused-ring (bicyclic) bond motifs is 3. The first-order valence-corrected chi connectivity index (χ1v) is 17.8. The van der Waals surface area contributed by atoms with E-state index >= 15 is 0 Å². The van der Waals surface area contributed by atoms with Crippen molar-refractivity contribution in [3.8, 4) is 5.75 Å². The van der Waals surface area contributed by atoms with Gasteiger partial charge in [0.05, 0.1) is 0 Å². The van der Waals surface area contributed by atoms with Gasteiger partial charge in [-0.3, -0.25) is 0 Å². The van der Waals surface area contributed by atoms with E-state index in [2.05, 4.69) is 182 Å². The third-order valence-electron chi connectivity index (χ3n) is 8.13. The van der Waals surface area contributed by atoms with Crippen LogP contribution in [0.5, 0.6) is 5.75 Å². The predicted octanol–water partition coefficient (Wildman–Crippen LogP) is 8.59. The van der Waals surface area contributed by atoms with E-state index in [1.54, 1.807) is 6.07 Å². The first-order valence-electron chi connectivity index (χ1n) is 16.6. The molecule has 0 atom stereocenters. The molecule has 0 spiro atoms. The molecule has 1 nitrogen and oxygen atoms in total. The van der Waals surface area contributed by atoms with Gasteiger partial charge in [0.1, 0.15) is 0 Å². The van der Waals surface area contributed by atoms with Crippen LogP contribution in [0.15, 0.2) is 158 Å². The van der Waals surface area contributed by atoms with Gasteiger partial charge in [0.25, 0.3) is 0 Å². The molecule has 0 aliphatic carbocycles. The molecule has 0 aliphatic rings. The monoisotopic (exact) mass is 740 g/mol. The third-order valence-corrected chi connectivity index (χ3v) is 9.55. The molecule has 0 N–H and O–H groups in total. The second-order valence-electron chi connectivity index (χ2n) is 14.1. The maximum Gasteiger partial charge on any atom is -0.0771 e.